The summed E-state index contributed by atoms with van der Waals surface area (Å²) in [5.74, 6) is -0.503. The molecule has 202 valence electrons. The van der Waals surface area contributed by atoms with Gasteiger partial charge >= 0.3 is 0 Å². The average molecular weight is 597 g/mol. The van der Waals surface area contributed by atoms with Crippen molar-refractivity contribution in [2.45, 2.75) is 42.4 Å². The molecule has 1 aliphatic rings. The zero-order chi connectivity index (χ0) is 27.5. The summed E-state index contributed by atoms with van der Waals surface area (Å²) in [6.45, 7) is 2.65. The normalized spacial score (nSPS) is 15.0. The van der Waals surface area contributed by atoms with Gasteiger partial charge in [-0.05, 0) is 79.9 Å². The van der Waals surface area contributed by atoms with Gasteiger partial charge in [0.25, 0.3) is 15.9 Å². The van der Waals surface area contributed by atoms with E-state index >= 15 is 0 Å². The molecule has 0 saturated carbocycles. The molecule has 1 fully saturated rings. The van der Waals surface area contributed by atoms with Crippen LogP contribution in [0.1, 0.15) is 41.6 Å². The highest BCUT2D eigenvalue weighted by Gasteiger charge is 2.26. The molecule has 0 bridgehead atoms. The second-order valence-electron chi connectivity index (χ2n) is 9.00. The molecule has 1 amide bonds. The van der Waals surface area contributed by atoms with Crippen LogP contribution in [0.25, 0.3) is 0 Å². The average Bonchev–Trinajstić information content (AvgIpc) is 3.16. The molecule has 3 aromatic carbocycles. The number of amides is 1. The van der Waals surface area contributed by atoms with Crippen molar-refractivity contribution in [2.75, 3.05) is 23.1 Å². The minimum absolute atomic E-state index is 0.0387. The minimum Gasteiger partial charge on any atom is -0.322 e. The number of halogens is 2. The molecule has 0 aromatic heterocycles. The maximum Gasteiger partial charge on any atom is 0.261 e. The molecule has 3 aromatic rings. The number of carbonyl (C=O) groups excluding carboxylic acids is 1. The van der Waals surface area contributed by atoms with Gasteiger partial charge in [-0.3, -0.25) is 9.52 Å². The van der Waals surface area contributed by atoms with E-state index in [2.05, 4.69) is 10.0 Å². The van der Waals surface area contributed by atoms with Crippen LogP contribution >= 0.6 is 23.2 Å². The van der Waals surface area contributed by atoms with Crippen LogP contribution in [0.5, 0.6) is 0 Å². The number of sulfonamides is 2. The number of rotatable bonds is 7. The van der Waals surface area contributed by atoms with Gasteiger partial charge < -0.3 is 5.32 Å². The van der Waals surface area contributed by atoms with Crippen molar-refractivity contribution >= 4 is 60.5 Å². The van der Waals surface area contributed by atoms with E-state index in [0.29, 0.717) is 29.4 Å². The summed E-state index contributed by atoms with van der Waals surface area (Å²) in [5.41, 5.74) is 1.36. The first-order valence-electron chi connectivity index (χ1n) is 12.0. The molecule has 1 heterocycles. The lowest BCUT2D eigenvalue weighted by atomic mass is 10.1. The van der Waals surface area contributed by atoms with E-state index < -0.39 is 26.0 Å². The molecule has 0 atom stereocenters. The largest absolute Gasteiger partial charge is 0.322 e. The first kappa shape index (κ1) is 28.4. The van der Waals surface area contributed by atoms with Gasteiger partial charge in [-0.25, -0.2) is 16.8 Å². The predicted octanol–water partition coefficient (Wildman–Crippen LogP) is 5.92. The van der Waals surface area contributed by atoms with Gasteiger partial charge in [0.05, 0.1) is 20.5 Å². The van der Waals surface area contributed by atoms with Gasteiger partial charge in [0.15, 0.2) is 0 Å². The number of anilines is 2. The zero-order valence-corrected chi connectivity index (χ0v) is 23.7. The van der Waals surface area contributed by atoms with Gasteiger partial charge in [-0.2, -0.15) is 4.31 Å². The lowest BCUT2D eigenvalue weighted by Crippen LogP contribution is -2.32. The summed E-state index contributed by atoms with van der Waals surface area (Å²) in [5, 5.41) is 3.24. The highest BCUT2D eigenvalue weighted by molar-refractivity contribution is 7.92. The molecular weight excluding hydrogens is 569 g/mol. The number of hydrogen-bond donors (Lipinski definition) is 2. The van der Waals surface area contributed by atoms with Crippen molar-refractivity contribution in [1.82, 2.24) is 4.31 Å². The van der Waals surface area contributed by atoms with Gasteiger partial charge in [0, 0.05) is 29.4 Å². The van der Waals surface area contributed by atoms with Crippen LogP contribution < -0.4 is 10.0 Å². The molecule has 0 radical (unpaired) electrons. The van der Waals surface area contributed by atoms with E-state index in [1.165, 1.54) is 58.9 Å². The van der Waals surface area contributed by atoms with Gasteiger partial charge in [-0.15, -0.1) is 0 Å². The van der Waals surface area contributed by atoms with Crippen LogP contribution in [0.2, 0.25) is 10.0 Å². The lowest BCUT2D eigenvalue weighted by Gasteiger charge is -2.20. The second-order valence-corrected chi connectivity index (χ2v) is 13.5. The number of nitrogens with one attached hydrogen (secondary N) is 2. The van der Waals surface area contributed by atoms with Crippen molar-refractivity contribution in [3.63, 3.8) is 0 Å². The predicted molar refractivity (Wildman–Crippen MR) is 150 cm³/mol. The smallest absolute Gasteiger partial charge is 0.261 e. The van der Waals surface area contributed by atoms with E-state index in [4.69, 9.17) is 23.2 Å². The van der Waals surface area contributed by atoms with E-state index in [-0.39, 0.29) is 26.1 Å². The molecule has 0 unspecified atom stereocenters. The number of benzene rings is 3. The van der Waals surface area contributed by atoms with Gasteiger partial charge in [0.1, 0.15) is 0 Å². The SMILES string of the molecule is Cc1ccc(S(=O)(=O)N2CCCCCC2)cc1C(=O)Nc1ccc(S(=O)(=O)Nc2ccc(Cl)cc2Cl)cc1. The summed E-state index contributed by atoms with van der Waals surface area (Å²) < 4.78 is 55.8. The lowest BCUT2D eigenvalue weighted by molar-refractivity contribution is 0.102. The number of aryl methyl sites for hydroxylation is 1. The maximum absolute atomic E-state index is 13.2. The molecule has 4 rings (SSSR count). The van der Waals surface area contributed by atoms with E-state index in [9.17, 15) is 21.6 Å². The molecule has 38 heavy (non-hydrogen) atoms. The molecular formula is C26H27Cl2N3O5S2. The topological polar surface area (TPSA) is 113 Å². The molecule has 2 N–H and O–H groups in total. The Balaban J connectivity index is 1.50. The Bertz CT molecular complexity index is 1550. The third kappa shape index (κ3) is 6.50. The van der Waals surface area contributed by atoms with Crippen molar-refractivity contribution in [1.29, 1.82) is 0 Å². The number of carbonyl (C=O) groups is 1. The number of hydrogen-bond acceptors (Lipinski definition) is 5. The minimum atomic E-state index is -3.95. The van der Waals surface area contributed by atoms with E-state index in [1.807, 2.05) is 0 Å². The van der Waals surface area contributed by atoms with Crippen LogP contribution in [0.4, 0.5) is 11.4 Å². The van der Waals surface area contributed by atoms with Crippen molar-refractivity contribution in [3.05, 3.63) is 81.8 Å². The Hall–Kier alpha value is -2.63. The Morgan fingerprint density at radius 3 is 2.08 bits per heavy atom. The molecule has 1 saturated heterocycles. The monoisotopic (exact) mass is 595 g/mol. The summed E-state index contributed by atoms with van der Waals surface area (Å²) in [6, 6.07) is 14.5. The summed E-state index contributed by atoms with van der Waals surface area (Å²) in [6.07, 6.45) is 3.62. The summed E-state index contributed by atoms with van der Waals surface area (Å²) in [7, 11) is -7.67. The van der Waals surface area contributed by atoms with Crippen molar-refractivity contribution < 1.29 is 21.6 Å². The fourth-order valence-electron chi connectivity index (χ4n) is 4.13. The Morgan fingerprint density at radius 1 is 0.816 bits per heavy atom. The third-order valence-electron chi connectivity index (χ3n) is 6.25. The van der Waals surface area contributed by atoms with Crippen LogP contribution in [-0.2, 0) is 20.0 Å². The van der Waals surface area contributed by atoms with Crippen molar-refractivity contribution in [2.24, 2.45) is 0 Å². The first-order chi connectivity index (χ1) is 18.0. The fourth-order valence-corrected chi connectivity index (χ4v) is 7.26. The number of nitrogens with zero attached hydrogens (tertiary/aromatic N) is 1. The molecule has 8 nitrogen and oxygen atoms in total. The maximum atomic E-state index is 13.2. The van der Waals surface area contributed by atoms with Crippen molar-refractivity contribution in [3.8, 4) is 0 Å². The van der Waals surface area contributed by atoms with Crippen LogP contribution in [0, 0.1) is 6.92 Å². The Labute approximate surface area is 233 Å². The fraction of sp³-hybridized carbons (Fsp3) is 0.269. The van der Waals surface area contributed by atoms with Crippen LogP contribution in [-0.4, -0.2) is 40.1 Å². The Morgan fingerprint density at radius 2 is 1.45 bits per heavy atom. The molecule has 1 aliphatic heterocycles. The summed E-state index contributed by atoms with van der Waals surface area (Å²) >= 11 is 11.9. The van der Waals surface area contributed by atoms with E-state index in [1.54, 1.807) is 13.0 Å². The first-order valence-corrected chi connectivity index (χ1v) is 15.7. The van der Waals surface area contributed by atoms with Crippen LogP contribution in [0.3, 0.4) is 0 Å². The standard InChI is InChI=1S/C26H27Cl2N3O5S2/c1-18-6-10-22(38(35,36)31-14-4-2-3-5-15-31)17-23(18)26(32)29-20-8-11-21(12-9-20)37(33,34)30-25-13-7-19(27)16-24(25)28/h6-13,16-17,30H,2-5,14-15H2,1H3,(H,29,32). The molecule has 12 heteroatoms. The quantitative estimate of drug-likeness (QED) is 0.352. The van der Waals surface area contributed by atoms with Crippen LogP contribution in [0.15, 0.2) is 70.5 Å². The third-order valence-corrected chi connectivity index (χ3v) is 10.1. The summed E-state index contributed by atoms with van der Waals surface area (Å²) in [4.78, 5) is 13.1. The highest BCUT2D eigenvalue weighted by atomic mass is 35.5. The molecule has 0 spiro atoms. The van der Waals surface area contributed by atoms with E-state index in [0.717, 1.165) is 25.7 Å². The van der Waals surface area contributed by atoms with Gasteiger partial charge in [0.2, 0.25) is 10.0 Å². The molecule has 0 aliphatic carbocycles. The second kappa shape index (κ2) is 11.6. The Kier molecular flexibility index (Phi) is 8.68. The highest BCUT2D eigenvalue weighted by Crippen LogP contribution is 2.28. The zero-order valence-electron chi connectivity index (χ0n) is 20.6. The van der Waals surface area contributed by atoms with Gasteiger partial charge in [-0.1, -0.05) is 42.1 Å².